The van der Waals surface area contributed by atoms with Crippen molar-refractivity contribution in [1.82, 2.24) is 19.7 Å². The van der Waals surface area contributed by atoms with Gasteiger partial charge in [-0.2, -0.15) is 23.3 Å². The summed E-state index contributed by atoms with van der Waals surface area (Å²) >= 11 is 0. The zero-order valence-electron chi connectivity index (χ0n) is 13.1. The molecule has 0 fully saturated rings. The van der Waals surface area contributed by atoms with Gasteiger partial charge < -0.3 is 15.7 Å². The summed E-state index contributed by atoms with van der Waals surface area (Å²) in [5.74, 6) is -0.250. The lowest BCUT2D eigenvalue weighted by molar-refractivity contribution is -0.137. The first-order chi connectivity index (χ1) is 11.2. The maximum absolute atomic E-state index is 13.0. The number of hydrogen-bond donors (Lipinski definition) is 3. The van der Waals surface area contributed by atoms with Crippen molar-refractivity contribution in [1.29, 1.82) is 0 Å². The molecule has 0 bridgehead atoms. The van der Waals surface area contributed by atoms with E-state index in [1.165, 1.54) is 0 Å². The van der Waals surface area contributed by atoms with Crippen LogP contribution in [-0.2, 0) is 19.1 Å². The van der Waals surface area contributed by atoms with Crippen molar-refractivity contribution in [2.24, 2.45) is 0 Å². The van der Waals surface area contributed by atoms with Gasteiger partial charge in [0.05, 0.1) is 29.7 Å². The van der Waals surface area contributed by atoms with Gasteiger partial charge in [0.2, 0.25) is 5.95 Å². The molecule has 2 aromatic rings. The molecule has 3 rings (SSSR count). The Balaban J connectivity index is 1.88. The summed E-state index contributed by atoms with van der Waals surface area (Å²) in [6, 6.07) is 0. The van der Waals surface area contributed by atoms with Gasteiger partial charge in [0, 0.05) is 19.2 Å². The largest absolute Gasteiger partial charge is 0.421 e. The number of anilines is 3. The van der Waals surface area contributed by atoms with E-state index in [-0.39, 0.29) is 11.8 Å². The first-order valence-corrected chi connectivity index (χ1v) is 7.42. The van der Waals surface area contributed by atoms with E-state index in [1.54, 1.807) is 24.7 Å². The molecule has 0 spiro atoms. The summed E-state index contributed by atoms with van der Waals surface area (Å²) in [6.07, 6.45) is -1.87. The zero-order chi connectivity index (χ0) is 17.5. The minimum absolute atomic E-state index is 0.0290. The molecule has 3 heterocycles. The van der Waals surface area contributed by atoms with E-state index >= 15 is 0 Å². The standard InChI is InChI=1S/C14H17F3N6O/c1-3-18-11-8(14(15,16)17)5-19-12(22-11)21-9-6-20-23-7-13(2,24)4-10(9)23/h5-6,24H,3-4,7H2,1-2H3,(H2,18,19,21,22). The maximum Gasteiger partial charge on any atom is 0.421 e. The Morgan fingerprint density at radius 3 is 2.79 bits per heavy atom. The average Bonchev–Trinajstić information content (AvgIpc) is 2.95. The fourth-order valence-corrected chi connectivity index (χ4v) is 2.65. The molecule has 1 aliphatic rings. The highest BCUT2D eigenvalue weighted by Gasteiger charge is 2.36. The summed E-state index contributed by atoms with van der Waals surface area (Å²) in [5.41, 5.74) is -0.489. The van der Waals surface area contributed by atoms with Crippen molar-refractivity contribution in [3.05, 3.63) is 23.7 Å². The van der Waals surface area contributed by atoms with Crippen molar-refractivity contribution in [2.45, 2.75) is 38.6 Å². The van der Waals surface area contributed by atoms with Crippen LogP contribution in [0, 0.1) is 0 Å². The van der Waals surface area contributed by atoms with Gasteiger partial charge in [-0.05, 0) is 13.8 Å². The third-order valence-electron chi connectivity index (χ3n) is 3.67. The Labute approximate surface area is 135 Å². The summed E-state index contributed by atoms with van der Waals surface area (Å²) in [5, 5.41) is 19.7. The molecule has 10 heteroatoms. The van der Waals surface area contributed by atoms with E-state index in [2.05, 4.69) is 25.7 Å². The molecule has 0 aliphatic carbocycles. The smallest absolute Gasteiger partial charge is 0.388 e. The van der Waals surface area contributed by atoms with Crippen molar-refractivity contribution in [3.8, 4) is 0 Å². The highest BCUT2D eigenvalue weighted by atomic mass is 19.4. The van der Waals surface area contributed by atoms with Crippen molar-refractivity contribution < 1.29 is 18.3 Å². The maximum atomic E-state index is 13.0. The first-order valence-electron chi connectivity index (χ1n) is 7.42. The van der Waals surface area contributed by atoms with Gasteiger partial charge in [-0.25, -0.2) is 4.98 Å². The number of nitrogens with one attached hydrogen (secondary N) is 2. The zero-order valence-corrected chi connectivity index (χ0v) is 13.1. The van der Waals surface area contributed by atoms with Crippen LogP contribution in [-0.4, -0.2) is 37.0 Å². The van der Waals surface area contributed by atoms with Crippen LogP contribution >= 0.6 is 0 Å². The second-order valence-corrected chi connectivity index (χ2v) is 5.95. The predicted octanol–water partition coefficient (Wildman–Crippen LogP) is 2.17. The molecule has 130 valence electrons. The number of aliphatic hydroxyl groups is 1. The number of aromatic nitrogens is 4. The fourth-order valence-electron chi connectivity index (χ4n) is 2.65. The quantitative estimate of drug-likeness (QED) is 0.789. The van der Waals surface area contributed by atoms with E-state index in [0.717, 1.165) is 11.9 Å². The van der Waals surface area contributed by atoms with Gasteiger partial charge in [0.1, 0.15) is 11.4 Å². The second-order valence-electron chi connectivity index (χ2n) is 5.95. The van der Waals surface area contributed by atoms with Crippen LogP contribution in [0.15, 0.2) is 12.4 Å². The SMILES string of the molecule is CCNc1nc(Nc2cnn3c2CC(C)(O)C3)ncc1C(F)(F)F. The van der Waals surface area contributed by atoms with Crippen molar-refractivity contribution >= 4 is 17.5 Å². The van der Waals surface area contributed by atoms with Crippen LogP contribution in [0.2, 0.25) is 0 Å². The molecule has 0 aromatic carbocycles. The Morgan fingerprint density at radius 2 is 2.12 bits per heavy atom. The molecule has 24 heavy (non-hydrogen) atoms. The second kappa shape index (κ2) is 5.62. The summed E-state index contributed by atoms with van der Waals surface area (Å²) in [4.78, 5) is 7.66. The van der Waals surface area contributed by atoms with Crippen molar-refractivity contribution in [3.63, 3.8) is 0 Å². The Morgan fingerprint density at radius 1 is 1.38 bits per heavy atom. The first kappa shape index (κ1) is 16.5. The van der Waals surface area contributed by atoms with Gasteiger partial charge in [-0.15, -0.1) is 0 Å². The Kier molecular flexibility index (Phi) is 3.86. The van der Waals surface area contributed by atoms with Crippen LogP contribution in [0.3, 0.4) is 0 Å². The monoisotopic (exact) mass is 342 g/mol. The van der Waals surface area contributed by atoms with E-state index in [0.29, 0.717) is 25.2 Å². The summed E-state index contributed by atoms with van der Waals surface area (Å²) in [7, 11) is 0. The lowest BCUT2D eigenvalue weighted by Crippen LogP contribution is -2.25. The summed E-state index contributed by atoms with van der Waals surface area (Å²) < 4.78 is 40.5. The number of halogens is 3. The average molecular weight is 342 g/mol. The van der Waals surface area contributed by atoms with Crippen LogP contribution in [0.1, 0.15) is 25.1 Å². The predicted molar refractivity (Wildman–Crippen MR) is 81.0 cm³/mol. The number of rotatable bonds is 4. The summed E-state index contributed by atoms with van der Waals surface area (Å²) in [6.45, 7) is 4.04. The molecular formula is C14H17F3N6O. The van der Waals surface area contributed by atoms with Crippen LogP contribution in [0.4, 0.5) is 30.6 Å². The molecule has 1 aliphatic heterocycles. The normalized spacial score (nSPS) is 20.1. The van der Waals surface area contributed by atoms with Gasteiger partial charge in [-0.1, -0.05) is 0 Å². The number of alkyl halides is 3. The topological polar surface area (TPSA) is 87.9 Å². The lowest BCUT2D eigenvalue weighted by atomic mass is 10.0. The van der Waals surface area contributed by atoms with E-state index < -0.39 is 17.3 Å². The Bertz CT molecular complexity index is 755. The molecule has 0 saturated carbocycles. The molecule has 0 amide bonds. The Hall–Kier alpha value is -2.36. The number of fused-ring (bicyclic) bond motifs is 1. The third-order valence-corrected chi connectivity index (χ3v) is 3.67. The number of nitrogens with zero attached hydrogens (tertiary/aromatic N) is 4. The van der Waals surface area contributed by atoms with E-state index in [1.807, 2.05) is 0 Å². The van der Waals surface area contributed by atoms with Gasteiger partial charge in [-0.3, -0.25) is 4.68 Å². The van der Waals surface area contributed by atoms with E-state index in [4.69, 9.17) is 0 Å². The molecule has 0 saturated heterocycles. The highest BCUT2D eigenvalue weighted by molar-refractivity contribution is 5.59. The van der Waals surface area contributed by atoms with Gasteiger partial charge in [0.25, 0.3) is 0 Å². The lowest BCUT2D eigenvalue weighted by Gasteiger charge is -2.14. The van der Waals surface area contributed by atoms with Crippen LogP contribution < -0.4 is 10.6 Å². The van der Waals surface area contributed by atoms with E-state index in [9.17, 15) is 18.3 Å². The molecular weight excluding hydrogens is 325 g/mol. The van der Waals surface area contributed by atoms with Crippen LogP contribution in [0.5, 0.6) is 0 Å². The molecule has 3 N–H and O–H groups in total. The molecule has 0 radical (unpaired) electrons. The fraction of sp³-hybridized carbons (Fsp3) is 0.500. The van der Waals surface area contributed by atoms with Crippen molar-refractivity contribution in [2.75, 3.05) is 17.2 Å². The van der Waals surface area contributed by atoms with Gasteiger partial charge >= 0.3 is 6.18 Å². The third kappa shape index (κ3) is 3.14. The minimum atomic E-state index is -4.53. The molecule has 7 nitrogen and oxygen atoms in total. The number of hydrogen-bond acceptors (Lipinski definition) is 6. The highest BCUT2D eigenvalue weighted by Crippen LogP contribution is 2.35. The minimum Gasteiger partial charge on any atom is -0.388 e. The molecule has 1 unspecified atom stereocenters. The van der Waals surface area contributed by atoms with Gasteiger partial charge in [0.15, 0.2) is 0 Å². The molecule has 2 aromatic heterocycles. The van der Waals surface area contributed by atoms with Crippen LogP contribution in [0.25, 0.3) is 0 Å². The molecule has 1 atom stereocenters.